The van der Waals surface area contributed by atoms with Gasteiger partial charge in [0, 0.05) is 0 Å². The van der Waals surface area contributed by atoms with Gasteiger partial charge in [-0.3, -0.25) is 20.4 Å². The Morgan fingerprint density at radius 3 is 2.50 bits per heavy atom. The predicted octanol–water partition coefficient (Wildman–Crippen LogP) is 2.57. The van der Waals surface area contributed by atoms with Gasteiger partial charge in [0.1, 0.15) is 11.4 Å². The Kier molecular flexibility index (Phi) is 4.24. The zero-order valence-corrected chi connectivity index (χ0v) is 14.6. The lowest BCUT2D eigenvalue weighted by molar-refractivity contribution is 0.0846. The number of carbonyl (C=O) groups is 2. The Morgan fingerprint density at radius 1 is 1.04 bits per heavy atom. The fraction of sp³-hybridized carbons (Fsp3) is 0.0526. The average molecular weight is 378 g/mol. The number of rotatable bonds is 3. The molecule has 2 amide bonds. The average Bonchev–Trinajstić information content (AvgIpc) is 3.36. The number of nitrogens with zero attached hydrogens (tertiary/aromatic N) is 2. The van der Waals surface area contributed by atoms with Crippen molar-refractivity contribution < 1.29 is 23.6 Å². The van der Waals surface area contributed by atoms with E-state index in [0.717, 1.165) is 0 Å². The van der Waals surface area contributed by atoms with Crippen LogP contribution < -0.4 is 10.9 Å². The number of benzene rings is 1. The van der Waals surface area contributed by atoms with Crippen molar-refractivity contribution in [3.8, 4) is 17.2 Å². The molecule has 4 rings (SSSR count). The van der Waals surface area contributed by atoms with E-state index < -0.39 is 11.8 Å². The summed E-state index contributed by atoms with van der Waals surface area (Å²) in [6.45, 7) is 1.68. The first-order valence-corrected chi connectivity index (χ1v) is 8.24. The Bertz CT molecular complexity index is 1180. The van der Waals surface area contributed by atoms with Crippen molar-refractivity contribution in [2.45, 2.75) is 6.92 Å². The van der Waals surface area contributed by atoms with E-state index in [9.17, 15) is 14.7 Å². The molecule has 0 aliphatic carbocycles. The van der Waals surface area contributed by atoms with Crippen molar-refractivity contribution in [3.63, 3.8) is 0 Å². The Hall–Kier alpha value is -4.14. The van der Waals surface area contributed by atoms with Crippen LogP contribution >= 0.6 is 0 Å². The number of fused-ring (bicyclic) bond motifs is 1. The molecule has 3 aromatic heterocycles. The van der Waals surface area contributed by atoms with Gasteiger partial charge in [0.15, 0.2) is 5.76 Å². The third-order valence-electron chi connectivity index (χ3n) is 4.07. The van der Waals surface area contributed by atoms with Gasteiger partial charge in [-0.15, -0.1) is 0 Å². The molecule has 140 valence electrons. The van der Waals surface area contributed by atoms with Crippen LogP contribution in [0.25, 0.3) is 22.6 Å². The minimum atomic E-state index is -0.662. The Morgan fingerprint density at radius 2 is 1.79 bits per heavy atom. The minimum absolute atomic E-state index is 0.0279. The van der Waals surface area contributed by atoms with Gasteiger partial charge in [-0.05, 0) is 37.3 Å². The van der Waals surface area contributed by atoms with E-state index in [4.69, 9.17) is 8.94 Å². The molecule has 0 bridgehead atoms. The van der Waals surface area contributed by atoms with Crippen LogP contribution in [-0.2, 0) is 0 Å². The molecule has 0 radical (unpaired) electrons. The van der Waals surface area contributed by atoms with Crippen molar-refractivity contribution in [2.24, 2.45) is 0 Å². The van der Waals surface area contributed by atoms with Crippen LogP contribution in [0, 0.1) is 6.92 Å². The second-order valence-corrected chi connectivity index (χ2v) is 5.91. The Labute approximate surface area is 157 Å². The van der Waals surface area contributed by atoms with Crippen molar-refractivity contribution in [1.82, 2.24) is 21.0 Å². The summed E-state index contributed by atoms with van der Waals surface area (Å²) >= 11 is 0. The second-order valence-electron chi connectivity index (χ2n) is 5.91. The van der Waals surface area contributed by atoms with Crippen molar-refractivity contribution >= 4 is 22.9 Å². The molecule has 0 atom stereocenters. The normalized spacial score (nSPS) is 10.8. The number of carbonyl (C=O) groups excluding carboxylic acids is 2. The van der Waals surface area contributed by atoms with Crippen LogP contribution in [0.5, 0.6) is 5.75 Å². The van der Waals surface area contributed by atoms with Gasteiger partial charge in [0.25, 0.3) is 17.5 Å². The Balaban J connectivity index is 1.64. The third-order valence-corrected chi connectivity index (χ3v) is 4.07. The molecule has 0 unspecified atom stereocenters. The maximum atomic E-state index is 12.7. The van der Waals surface area contributed by atoms with E-state index in [1.807, 2.05) is 0 Å². The van der Waals surface area contributed by atoms with Crippen LogP contribution in [0.3, 0.4) is 0 Å². The lowest BCUT2D eigenvalue weighted by Crippen LogP contribution is -2.41. The lowest BCUT2D eigenvalue weighted by Gasteiger charge is -2.09. The SMILES string of the molecule is Cc1noc2nc(-c3ccco3)cc(C(=O)NNC(=O)c3ccccc3O)c12. The lowest BCUT2D eigenvalue weighted by atomic mass is 10.1. The summed E-state index contributed by atoms with van der Waals surface area (Å²) in [7, 11) is 0. The predicted molar refractivity (Wildman–Crippen MR) is 97.3 cm³/mol. The summed E-state index contributed by atoms with van der Waals surface area (Å²) in [5.41, 5.74) is 5.86. The summed E-state index contributed by atoms with van der Waals surface area (Å²) in [5.74, 6) is -1.01. The van der Waals surface area contributed by atoms with Gasteiger partial charge in [0.05, 0.1) is 28.5 Å². The van der Waals surface area contributed by atoms with E-state index >= 15 is 0 Å². The molecule has 9 heteroatoms. The number of para-hydroxylation sites is 1. The van der Waals surface area contributed by atoms with Gasteiger partial charge >= 0.3 is 0 Å². The second kappa shape index (κ2) is 6.88. The number of furan rings is 1. The number of hydrogen-bond donors (Lipinski definition) is 3. The van der Waals surface area contributed by atoms with Crippen LogP contribution in [0.4, 0.5) is 0 Å². The van der Waals surface area contributed by atoms with Crippen molar-refractivity contribution in [3.05, 3.63) is 65.5 Å². The number of phenolic OH excluding ortho intramolecular Hbond substituents is 1. The first-order valence-electron chi connectivity index (χ1n) is 8.24. The van der Waals surface area contributed by atoms with Gasteiger partial charge in [-0.25, -0.2) is 4.98 Å². The highest BCUT2D eigenvalue weighted by Gasteiger charge is 2.21. The number of hydrogen-bond acceptors (Lipinski definition) is 7. The highest BCUT2D eigenvalue weighted by Crippen LogP contribution is 2.27. The number of phenols is 1. The molecule has 9 nitrogen and oxygen atoms in total. The van der Waals surface area contributed by atoms with E-state index in [2.05, 4.69) is 21.0 Å². The van der Waals surface area contributed by atoms with Crippen molar-refractivity contribution in [2.75, 3.05) is 0 Å². The van der Waals surface area contributed by atoms with Crippen LogP contribution in [0.15, 0.2) is 57.7 Å². The van der Waals surface area contributed by atoms with E-state index in [-0.39, 0.29) is 22.6 Å². The summed E-state index contributed by atoms with van der Waals surface area (Å²) in [4.78, 5) is 29.2. The van der Waals surface area contributed by atoms with Gasteiger partial charge < -0.3 is 14.0 Å². The highest BCUT2D eigenvalue weighted by molar-refractivity contribution is 6.08. The zero-order valence-electron chi connectivity index (χ0n) is 14.6. The standard InChI is InChI=1S/C19H14N4O5/c1-10-16-12(9-13(15-7-4-8-27-15)20-19(16)28-23-10)18(26)22-21-17(25)11-5-2-3-6-14(11)24/h2-9,24H,1H3,(H,21,25)(H,22,26). The smallest absolute Gasteiger partial charge is 0.273 e. The largest absolute Gasteiger partial charge is 0.507 e. The van der Waals surface area contributed by atoms with Gasteiger partial charge in [-0.1, -0.05) is 17.3 Å². The third kappa shape index (κ3) is 3.05. The highest BCUT2D eigenvalue weighted by atomic mass is 16.5. The molecule has 0 aliphatic heterocycles. The number of hydrazine groups is 1. The molecule has 3 N–H and O–H groups in total. The molecule has 0 saturated heterocycles. The first-order chi connectivity index (χ1) is 13.5. The minimum Gasteiger partial charge on any atom is -0.507 e. The van der Waals surface area contributed by atoms with Gasteiger partial charge in [-0.2, -0.15) is 0 Å². The molecular formula is C19H14N4O5. The summed E-state index contributed by atoms with van der Waals surface area (Å²) < 4.78 is 10.5. The molecular weight excluding hydrogens is 364 g/mol. The van der Waals surface area contributed by atoms with E-state index in [0.29, 0.717) is 22.5 Å². The molecule has 1 aromatic carbocycles. The fourth-order valence-electron chi connectivity index (χ4n) is 2.74. The summed E-state index contributed by atoms with van der Waals surface area (Å²) in [6, 6.07) is 10.9. The number of nitrogens with one attached hydrogen (secondary N) is 2. The topological polar surface area (TPSA) is 130 Å². The maximum Gasteiger partial charge on any atom is 0.273 e. The molecule has 0 fully saturated rings. The van der Waals surface area contributed by atoms with Crippen molar-refractivity contribution in [1.29, 1.82) is 0 Å². The van der Waals surface area contributed by atoms with Crippen LogP contribution in [0.1, 0.15) is 26.4 Å². The first kappa shape index (κ1) is 17.3. The van der Waals surface area contributed by atoms with E-state index in [1.54, 1.807) is 31.2 Å². The molecule has 28 heavy (non-hydrogen) atoms. The number of amides is 2. The molecule has 0 saturated carbocycles. The van der Waals surface area contributed by atoms with Crippen LogP contribution in [-0.4, -0.2) is 27.1 Å². The number of pyridine rings is 1. The molecule has 0 spiro atoms. The fourth-order valence-corrected chi connectivity index (χ4v) is 2.74. The number of aryl methyl sites for hydroxylation is 1. The number of aromatic hydroxyl groups is 1. The number of aromatic nitrogens is 2. The quantitative estimate of drug-likeness (QED) is 0.467. The molecule has 3 heterocycles. The van der Waals surface area contributed by atoms with Crippen LogP contribution in [0.2, 0.25) is 0 Å². The summed E-state index contributed by atoms with van der Waals surface area (Å²) in [5, 5.41) is 14.0. The molecule has 0 aliphatic rings. The van der Waals surface area contributed by atoms with E-state index in [1.165, 1.54) is 24.5 Å². The molecule has 4 aromatic rings. The zero-order chi connectivity index (χ0) is 19.7. The monoisotopic (exact) mass is 378 g/mol. The maximum absolute atomic E-state index is 12.7. The summed E-state index contributed by atoms with van der Waals surface area (Å²) in [6.07, 6.45) is 1.49. The van der Waals surface area contributed by atoms with Gasteiger partial charge in [0.2, 0.25) is 0 Å².